The molecule has 1 aliphatic rings. The second kappa shape index (κ2) is 7.05. The van der Waals surface area contributed by atoms with Crippen LogP contribution in [0, 0.1) is 0 Å². The van der Waals surface area contributed by atoms with Gasteiger partial charge in [0.15, 0.2) is 0 Å². The number of ether oxygens (including phenoxy) is 1. The van der Waals surface area contributed by atoms with Crippen LogP contribution in [0.4, 0.5) is 5.69 Å². The lowest BCUT2D eigenvalue weighted by atomic mass is 9.99. The highest BCUT2D eigenvalue weighted by Crippen LogP contribution is 2.21. The van der Waals surface area contributed by atoms with Gasteiger partial charge in [-0.25, -0.2) is 0 Å². The maximum absolute atomic E-state index is 12.7. The van der Waals surface area contributed by atoms with Gasteiger partial charge in [0.2, 0.25) is 0 Å². The fraction of sp³-hybridized carbons (Fsp3) is 0.350. The summed E-state index contributed by atoms with van der Waals surface area (Å²) in [6, 6.07) is 16.1. The van der Waals surface area contributed by atoms with Gasteiger partial charge in [-0.3, -0.25) is 4.79 Å². The summed E-state index contributed by atoms with van der Waals surface area (Å²) in [5.74, 6) is 0.0289. The number of likely N-dealkylation sites (N-methyl/N-ethyl adjacent to an activating group) is 1. The van der Waals surface area contributed by atoms with Crippen LogP contribution in [0.5, 0.6) is 0 Å². The third-order valence-electron chi connectivity index (χ3n) is 4.47. The van der Waals surface area contributed by atoms with Gasteiger partial charge in [-0.15, -0.1) is 0 Å². The largest absolute Gasteiger partial charge is 0.378 e. The number of nitrogens with zero attached hydrogens (tertiary/aromatic N) is 2. The highest BCUT2D eigenvalue weighted by atomic mass is 16.5. The van der Waals surface area contributed by atoms with Crippen LogP contribution in [0.25, 0.3) is 0 Å². The molecule has 4 nitrogen and oxygen atoms in total. The molecule has 0 spiro atoms. The first-order valence-corrected chi connectivity index (χ1v) is 8.26. The SMILES string of the molecule is CN(CC1Cc2ccccc2CO1)C(=O)c1cccc(N(C)C)c1. The third kappa shape index (κ3) is 3.60. The van der Waals surface area contributed by atoms with E-state index >= 15 is 0 Å². The van der Waals surface area contributed by atoms with Crippen molar-refractivity contribution in [2.24, 2.45) is 0 Å². The van der Waals surface area contributed by atoms with Crippen molar-refractivity contribution in [2.75, 3.05) is 32.6 Å². The quantitative estimate of drug-likeness (QED) is 0.867. The molecule has 126 valence electrons. The molecular weight excluding hydrogens is 300 g/mol. The zero-order valence-corrected chi connectivity index (χ0v) is 14.5. The number of amides is 1. The Labute approximate surface area is 143 Å². The van der Waals surface area contributed by atoms with Gasteiger partial charge in [-0.2, -0.15) is 0 Å². The second-order valence-corrected chi connectivity index (χ2v) is 6.54. The summed E-state index contributed by atoms with van der Waals surface area (Å²) >= 11 is 0. The number of carbonyl (C=O) groups excluding carboxylic acids is 1. The Hall–Kier alpha value is -2.33. The zero-order valence-electron chi connectivity index (χ0n) is 14.5. The number of benzene rings is 2. The lowest BCUT2D eigenvalue weighted by Crippen LogP contribution is -2.38. The third-order valence-corrected chi connectivity index (χ3v) is 4.47. The monoisotopic (exact) mass is 324 g/mol. The fourth-order valence-electron chi connectivity index (χ4n) is 3.05. The van der Waals surface area contributed by atoms with E-state index in [-0.39, 0.29) is 12.0 Å². The van der Waals surface area contributed by atoms with Crippen LogP contribution in [0.3, 0.4) is 0 Å². The highest BCUT2D eigenvalue weighted by Gasteiger charge is 2.22. The van der Waals surface area contributed by atoms with Gasteiger partial charge < -0.3 is 14.5 Å². The van der Waals surface area contributed by atoms with Gasteiger partial charge in [0.05, 0.1) is 12.7 Å². The molecule has 0 fully saturated rings. The van der Waals surface area contributed by atoms with E-state index in [1.807, 2.05) is 56.4 Å². The summed E-state index contributed by atoms with van der Waals surface area (Å²) < 4.78 is 5.92. The summed E-state index contributed by atoms with van der Waals surface area (Å²) in [4.78, 5) is 16.4. The molecule has 0 N–H and O–H groups in total. The van der Waals surface area contributed by atoms with Gasteiger partial charge in [-0.05, 0) is 29.3 Å². The van der Waals surface area contributed by atoms with E-state index in [0.717, 1.165) is 12.1 Å². The van der Waals surface area contributed by atoms with Gasteiger partial charge >= 0.3 is 0 Å². The van der Waals surface area contributed by atoms with Crippen molar-refractivity contribution >= 4 is 11.6 Å². The molecule has 0 bridgehead atoms. The van der Waals surface area contributed by atoms with Crippen molar-refractivity contribution in [2.45, 2.75) is 19.1 Å². The molecule has 1 aliphatic heterocycles. The van der Waals surface area contributed by atoms with Crippen molar-refractivity contribution in [3.8, 4) is 0 Å². The lowest BCUT2D eigenvalue weighted by Gasteiger charge is -2.29. The normalized spacial score (nSPS) is 16.4. The molecule has 2 aromatic rings. The number of fused-ring (bicyclic) bond motifs is 1. The topological polar surface area (TPSA) is 32.8 Å². The second-order valence-electron chi connectivity index (χ2n) is 6.54. The molecule has 4 heteroatoms. The molecule has 1 amide bonds. The van der Waals surface area contributed by atoms with E-state index in [0.29, 0.717) is 18.7 Å². The molecule has 0 aliphatic carbocycles. The molecule has 0 radical (unpaired) electrons. The van der Waals surface area contributed by atoms with Gasteiger partial charge in [0, 0.05) is 45.4 Å². The molecule has 24 heavy (non-hydrogen) atoms. The number of carbonyl (C=O) groups is 1. The van der Waals surface area contributed by atoms with Crippen molar-refractivity contribution in [1.82, 2.24) is 4.90 Å². The van der Waals surface area contributed by atoms with E-state index < -0.39 is 0 Å². The van der Waals surface area contributed by atoms with Crippen molar-refractivity contribution in [3.05, 3.63) is 65.2 Å². The first kappa shape index (κ1) is 16.5. The van der Waals surface area contributed by atoms with Gasteiger partial charge in [-0.1, -0.05) is 30.3 Å². The Kier molecular flexibility index (Phi) is 4.86. The first-order valence-electron chi connectivity index (χ1n) is 8.26. The molecule has 1 unspecified atom stereocenters. The Morgan fingerprint density at radius 2 is 1.83 bits per heavy atom. The number of hydrogen-bond acceptors (Lipinski definition) is 3. The standard InChI is InChI=1S/C20H24N2O2/c1-21(2)18-10-6-9-16(11-18)20(23)22(3)13-19-12-15-7-4-5-8-17(15)14-24-19/h4-11,19H,12-14H2,1-3H3. The van der Waals surface area contributed by atoms with E-state index in [9.17, 15) is 4.79 Å². The average Bonchev–Trinajstić information content (AvgIpc) is 2.61. The van der Waals surface area contributed by atoms with E-state index in [1.165, 1.54) is 11.1 Å². The predicted octanol–water partition coefficient (Wildman–Crippen LogP) is 2.97. The molecule has 2 aromatic carbocycles. The Bertz CT molecular complexity index is 727. The number of hydrogen-bond donors (Lipinski definition) is 0. The summed E-state index contributed by atoms with van der Waals surface area (Å²) in [5.41, 5.74) is 4.31. The van der Waals surface area contributed by atoms with Crippen molar-refractivity contribution in [3.63, 3.8) is 0 Å². The molecular formula is C20H24N2O2. The average molecular weight is 324 g/mol. The van der Waals surface area contributed by atoms with Crippen molar-refractivity contribution in [1.29, 1.82) is 0 Å². The Morgan fingerprint density at radius 3 is 2.58 bits per heavy atom. The van der Waals surface area contributed by atoms with Crippen LogP contribution < -0.4 is 4.90 Å². The zero-order chi connectivity index (χ0) is 17.1. The maximum atomic E-state index is 12.7. The number of rotatable bonds is 4. The molecule has 0 saturated carbocycles. The maximum Gasteiger partial charge on any atom is 0.253 e. The summed E-state index contributed by atoms with van der Waals surface area (Å²) in [6.07, 6.45) is 0.900. The van der Waals surface area contributed by atoms with Crippen LogP contribution in [-0.4, -0.2) is 44.6 Å². The summed E-state index contributed by atoms with van der Waals surface area (Å²) in [5, 5.41) is 0. The van der Waals surface area contributed by atoms with Gasteiger partial charge in [0.25, 0.3) is 5.91 Å². The van der Waals surface area contributed by atoms with E-state index in [1.54, 1.807) is 4.90 Å². The smallest absolute Gasteiger partial charge is 0.253 e. The van der Waals surface area contributed by atoms with E-state index in [4.69, 9.17) is 4.74 Å². The van der Waals surface area contributed by atoms with Gasteiger partial charge in [0.1, 0.15) is 0 Å². The summed E-state index contributed by atoms with van der Waals surface area (Å²) in [6.45, 7) is 1.22. The van der Waals surface area contributed by atoms with Crippen LogP contribution in [0.15, 0.2) is 48.5 Å². The lowest BCUT2D eigenvalue weighted by molar-refractivity contribution is 0.00985. The minimum Gasteiger partial charge on any atom is -0.378 e. The predicted molar refractivity (Wildman–Crippen MR) is 96.5 cm³/mol. The molecule has 0 saturated heterocycles. The summed E-state index contributed by atoms with van der Waals surface area (Å²) in [7, 11) is 5.79. The highest BCUT2D eigenvalue weighted by molar-refractivity contribution is 5.95. The number of anilines is 1. The Balaban J connectivity index is 1.66. The van der Waals surface area contributed by atoms with Crippen LogP contribution in [-0.2, 0) is 17.8 Å². The van der Waals surface area contributed by atoms with Crippen LogP contribution >= 0.6 is 0 Å². The molecule has 3 rings (SSSR count). The minimum absolute atomic E-state index is 0.0289. The van der Waals surface area contributed by atoms with Crippen LogP contribution in [0.2, 0.25) is 0 Å². The first-order chi connectivity index (χ1) is 11.5. The Morgan fingerprint density at radius 1 is 1.08 bits per heavy atom. The fourth-order valence-corrected chi connectivity index (χ4v) is 3.05. The van der Waals surface area contributed by atoms with Crippen LogP contribution in [0.1, 0.15) is 21.5 Å². The molecule has 1 heterocycles. The minimum atomic E-state index is 0.0289. The van der Waals surface area contributed by atoms with E-state index in [2.05, 4.69) is 18.2 Å². The molecule has 1 atom stereocenters. The van der Waals surface area contributed by atoms with Crippen molar-refractivity contribution < 1.29 is 9.53 Å². The molecule has 0 aromatic heterocycles.